The van der Waals surface area contributed by atoms with Crippen LogP contribution in [-0.2, 0) is 6.54 Å². The van der Waals surface area contributed by atoms with Gasteiger partial charge in [0.05, 0.1) is 11.6 Å². The molecule has 1 N–H and O–H groups in total. The minimum atomic E-state index is 0.272. The maximum absolute atomic E-state index is 8.86. The molecule has 0 bridgehead atoms. The second kappa shape index (κ2) is 5.72. The van der Waals surface area contributed by atoms with Crippen molar-refractivity contribution in [3.63, 3.8) is 0 Å². The first-order valence-corrected chi connectivity index (χ1v) is 6.56. The molecule has 1 aliphatic rings. The molecule has 0 aromatic carbocycles. The Bertz CT molecular complexity index is 321. The number of rotatable bonds is 4. The third-order valence-electron chi connectivity index (χ3n) is 2.93. The van der Waals surface area contributed by atoms with Crippen molar-refractivity contribution in [1.29, 1.82) is 0 Å². The van der Waals surface area contributed by atoms with Crippen LogP contribution in [0, 0.1) is 6.92 Å². The average molecular weight is 241 g/mol. The number of aliphatic hydroxyl groups excluding tert-OH is 1. The van der Waals surface area contributed by atoms with E-state index in [-0.39, 0.29) is 6.61 Å². The highest BCUT2D eigenvalue weighted by Crippen LogP contribution is 2.15. The summed E-state index contributed by atoms with van der Waals surface area (Å²) in [6.07, 6.45) is 1.99. The van der Waals surface area contributed by atoms with E-state index in [1.807, 2.05) is 13.1 Å². The maximum Gasteiger partial charge on any atom is 0.0897 e. The molecule has 2 rings (SSSR count). The highest BCUT2D eigenvalue weighted by atomic mass is 32.1. The highest BCUT2D eigenvalue weighted by molar-refractivity contribution is 7.11. The van der Waals surface area contributed by atoms with E-state index in [1.54, 1.807) is 11.3 Å². The summed E-state index contributed by atoms with van der Waals surface area (Å²) in [5, 5.41) is 10.0. The summed E-state index contributed by atoms with van der Waals surface area (Å²) in [6.45, 7) is 8.48. The normalized spacial score (nSPS) is 19.1. The van der Waals surface area contributed by atoms with Crippen LogP contribution < -0.4 is 0 Å². The molecule has 2 heterocycles. The van der Waals surface area contributed by atoms with Gasteiger partial charge in [-0.25, -0.2) is 4.98 Å². The van der Waals surface area contributed by atoms with Crippen molar-refractivity contribution in [2.75, 3.05) is 39.3 Å². The monoisotopic (exact) mass is 241 g/mol. The molecule has 0 saturated carbocycles. The van der Waals surface area contributed by atoms with Crippen molar-refractivity contribution in [1.82, 2.24) is 14.8 Å². The summed E-state index contributed by atoms with van der Waals surface area (Å²) >= 11 is 1.79. The average Bonchev–Trinajstić information content (AvgIpc) is 2.67. The summed E-state index contributed by atoms with van der Waals surface area (Å²) in [7, 11) is 0. The molecule has 1 aliphatic heterocycles. The number of hydrogen-bond donors (Lipinski definition) is 1. The lowest BCUT2D eigenvalue weighted by Crippen LogP contribution is -2.46. The van der Waals surface area contributed by atoms with Gasteiger partial charge in [0.15, 0.2) is 0 Å². The van der Waals surface area contributed by atoms with Gasteiger partial charge in [-0.15, -0.1) is 11.3 Å². The van der Waals surface area contributed by atoms with Crippen molar-refractivity contribution < 1.29 is 5.11 Å². The minimum absolute atomic E-state index is 0.272. The Morgan fingerprint density at radius 1 is 1.31 bits per heavy atom. The Hall–Kier alpha value is -0.490. The molecule has 1 fully saturated rings. The van der Waals surface area contributed by atoms with Gasteiger partial charge < -0.3 is 5.11 Å². The SMILES string of the molecule is Cc1ncc(CN2CCN(CCO)CC2)s1. The quantitative estimate of drug-likeness (QED) is 0.836. The number of thiazole rings is 1. The van der Waals surface area contributed by atoms with Crippen LogP contribution in [-0.4, -0.2) is 59.2 Å². The molecule has 90 valence electrons. The molecule has 5 heteroatoms. The summed E-state index contributed by atoms with van der Waals surface area (Å²) in [4.78, 5) is 10.4. The first-order chi connectivity index (χ1) is 7.78. The van der Waals surface area contributed by atoms with Crippen LogP contribution in [0.5, 0.6) is 0 Å². The van der Waals surface area contributed by atoms with Gasteiger partial charge in [-0.05, 0) is 6.92 Å². The number of β-amino-alcohol motifs (C(OH)–C–C–N with tert-alkyl or cyclic N) is 1. The zero-order chi connectivity index (χ0) is 11.4. The Morgan fingerprint density at radius 3 is 2.56 bits per heavy atom. The molecular weight excluding hydrogens is 222 g/mol. The lowest BCUT2D eigenvalue weighted by atomic mass is 10.3. The van der Waals surface area contributed by atoms with Gasteiger partial charge in [0.25, 0.3) is 0 Å². The second-order valence-electron chi connectivity index (χ2n) is 4.19. The lowest BCUT2D eigenvalue weighted by molar-refractivity contribution is 0.109. The minimum Gasteiger partial charge on any atom is -0.395 e. The van der Waals surface area contributed by atoms with Crippen molar-refractivity contribution in [3.05, 3.63) is 16.1 Å². The Labute approximate surface area is 101 Å². The van der Waals surface area contributed by atoms with E-state index >= 15 is 0 Å². The van der Waals surface area contributed by atoms with Crippen molar-refractivity contribution in [2.24, 2.45) is 0 Å². The third kappa shape index (κ3) is 3.25. The van der Waals surface area contributed by atoms with Crippen LogP contribution in [0.15, 0.2) is 6.20 Å². The van der Waals surface area contributed by atoms with Gasteiger partial charge in [-0.3, -0.25) is 9.80 Å². The molecule has 1 aromatic rings. The topological polar surface area (TPSA) is 39.6 Å². The maximum atomic E-state index is 8.86. The fourth-order valence-corrected chi connectivity index (χ4v) is 2.85. The Balaban J connectivity index is 1.77. The Kier molecular flexibility index (Phi) is 4.29. The number of nitrogens with zero attached hydrogens (tertiary/aromatic N) is 3. The Morgan fingerprint density at radius 2 is 2.00 bits per heavy atom. The van der Waals surface area contributed by atoms with Crippen LogP contribution in [0.1, 0.15) is 9.88 Å². The lowest BCUT2D eigenvalue weighted by Gasteiger charge is -2.33. The first kappa shape index (κ1) is 12.0. The van der Waals surface area contributed by atoms with Crippen molar-refractivity contribution in [3.8, 4) is 0 Å². The number of aryl methyl sites for hydroxylation is 1. The predicted octanol–water partition coefficient (Wildman–Crippen LogP) is 0.561. The molecule has 0 amide bonds. The van der Waals surface area contributed by atoms with Crippen LogP contribution in [0.3, 0.4) is 0 Å². The molecule has 0 aliphatic carbocycles. The van der Waals surface area contributed by atoms with E-state index in [4.69, 9.17) is 5.11 Å². The summed E-state index contributed by atoms with van der Waals surface area (Å²) in [6, 6.07) is 0. The number of aliphatic hydroxyl groups is 1. The zero-order valence-electron chi connectivity index (χ0n) is 9.72. The molecule has 1 saturated heterocycles. The van der Waals surface area contributed by atoms with E-state index in [0.717, 1.165) is 44.3 Å². The molecule has 4 nitrogen and oxygen atoms in total. The molecule has 0 radical (unpaired) electrons. The predicted molar refractivity (Wildman–Crippen MR) is 65.7 cm³/mol. The summed E-state index contributed by atoms with van der Waals surface area (Å²) in [5.74, 6) is 0. The van der Waals surface area contributed by atoms with Crippen LogP contribution in [0.4, 0.5) is 0 Å². The molecule has 16 heavy (non-hydrogen) atoms. The van der Waals surface area contributed by atoms with Crippen LogP contribution >= 0.6 is 11.3 Å². The van der Waals surface area contributed by atoms with Crippen LogP contribution in [0.25, 0.3) is 0 Å². The van der Waals surface area contributed by atoms with Gasteiger partial charge >= 0.3 is 0 Å². The van der Waals surface area contributed by atoms with Gasteiger partial charge in [0.1, 0.15) is 0 Å². The van der Waals surface area contributed by atoms with Gasteiger partial charge in [0.2, 0.25) is 0 Å². The first-order valence-electron chi connectivity index (χ1n) is 5.75. The molecule has 0 unspecified atom stereocenters. The molecule has 0 atom stereocenters. The van der Waals surface area contributed by atoms with Gasteiger partial charge in [-0.2, -0.15) is 0 Å². The van der Waals surface area contributed by atoms with Gasteiger partial charge in [0, 0.05) is 50.3 Å². The standard InChI is InChI=1S/C11H19N3OS/c1-10-12-8-11(16-10)9-14-4-2-13(3-5-14)6-7-15/h8,15H,2-7,9H2,1H3. The van der Waals surface area contributed by atoms with Crippen molar-refractivity contribution >= 4 is 11.3 Å². The number of aromatic nitrogens is 1. The molecule has 0 spiro atoms. The summed E-state index contributed by atoms with van der Waals surface area (Å²) < 4.78 is 0. The zero-order valence-corrected chi connectivity index (χ0v) is 10.5. The number of piperazine rings is 1. The van der Waals surface area contributed by atoms with Crippen molar-refractivity contribution in [2.45, 2.75) is 13.5 Å². The summed E-state index contributed by atoms with van der Waals surface area (Å²) in [5.41, 5.74) is 0. The molecule has 1 aromatic heterocycles. The van der Waals surface area contributed by atoms with Crippen LogP contribution in [0.2, 0.25) is 0 Å². The van der Waals surface area contributed by atoms with E-state index in [9.17, 15) is 0 Å². The number of hydrogen-bond acceptors (Lipinski definition) is 5. The van der Waals surface area contributed by atoms with E-state index < -0.39 is 0 Å². The smallest absolute Gasteiger partial charge is 0.0897 e. The third-order valence-corrected chi connectivity index (χ3v) is 3.83. The van der Waals surface area contributed by atoms with E-state index in [1.165, 1.54) is 4.88 Å². The fourth-order valence-electron chi connectivity index (χ4n) is 2.01. The van der Waals surface area contributed by atoms with Gasteiger partial charge in [-0.1, -0.05) is 0 Å². The highest BCUT2D eigenvalue weighted by Gasteiger charge is 2.16. The second-order valence-corrected chi connectivity index (χ2v) is 5.51. The largest absolute Gasteiger partial charge is 0.395 e. The molecular formula is C11H19N3OS. The van der Waals surface area contributed by atoms with E-state index in [0.29, 0.717) is 0 Å². The van der Waals surface area contributed by atoms with E-state index in [2.05, 4.69) is 14.8 Å². The fraction of sp³-hybridized carbons (Fsp3) is 0.727.